The van der Waals surface area contributed by atoms with Crippen LogP contribution in [-0.2, 0) is 0 Å². The summed E-state index contributed by atoms with van der Waals surface area (Å²) in [4.78, 5) is 0. The van der Waals surface area contributed by atoms with E-state index in [2.05, 4.69) is 27.9 Å². The molecule has 0 bridgehead atoms. The zero-order chi connectivity index (χ0) is 13.2. The van der Waals surface area contributed by atoms with E-state index in [1.807, 2.05) is 6.07 Å². The molecule has 0 aliphatic rings. The van der Waals surface area contributed by atoms with Gasteiger partial charge in [-0.2, -0.15) is 0 Å². The van der Waals surface area contributed by atoms with Gasteiger partial charge in [-0.1, -0.05) is 29.3 Å². The highest BCUT2D eigenvalue weighted by atomic mass is 127. The lowest BCUT2D eigenvalue weighted by atomic mass is 10.1. The number of benzene rings is 1. The molecule has 0 fully saturated rings. The van der Waals surface area contributed by atoms with Crippen molar-refractivity contribution < 1.29 is 33.6 Å². The monoisotopic (exact) mass is 403 g/mol. The van der Waals surface area contributed by atoms with Crippen LogP contribution in [-0.4, -0.2) is 36.3 Å². The first-order chi connectivity index (χ1) is 7.74. The molecule has 0 spiro atoms. The molecule has 1 rings (SSSR count). The molecule has 5 heteroatoms. The molecule has 0 aromatic heterocycles. The van der Waals surface area contributed by atoms with Gasteiger partial charge in [0.15, 0.2) is 0 Å². The van der Waals surface area contributed by atoms with E-state index < -0.39 is 6.10 Å². The molecular weight excluding hydrogens is 384 g/mol. The lowest BCUT2D eigenvalue weighted by molar-refractivity contribution is -0.914. The van der Waals surface area contributed by atoms with E-state index in [9.17, 15) is 5.11 Å². The van der Waals surface area contributed by atoms with Gasteiger partial charge in [-0.05, 0) is 31.5 Å². The van der Waals surface area contributed by atoms with Gasteiger partial charge in [0.2, 0.25) is 0 Å². The molecule has 0 aliphatic heterocycles. The lowest BCUT2D eigenvalue weighted by Gasteiger charge is -2.36. The van der Waals surface area contributed by atoms with Crippen molar-refractivity contribution in [1.82, 2.24) is 0 Å². The van der Waals surface area contributed by atoms with Crippen LogP contribution in [0.4, 0.5) is 0 Å². The van der Waals surface area contributed by atoms with Crippen LogP contribution in [0.3, 0.4) is 0 Å². The zero-order valence-electron chi connectivity index (χ0n) is 11.1. The molecule has 0 radical (unpaired) electrons. The van der Waals surface area contributed by atoms with Crippen molar-refractivity contribution >= 4 is 23.2 Å². The summed E-state index contributed by atoms with van der Waals surface area (Å²) in [7, 11) is 4.21. The number of likely N-dealkylation sites (N-methyl/N-ethyl adjacent to an activating group) is 1. The van der Waals surface area contributed by atoms with Crippen LogP contribution in [0.15, 0.2) is 18.2 Å². The number of aliphatic hydroxyl groups excluding tert-OH is 1. The molecule has 1 unspecified atom stereocenters. The number of hydrogen-bond donors (Lipinski definition) is 1. The Labute approximate surface area is 137 Å². The van der Waals surface area contributed by atoms with Crippen LogP contribution < -0.4 is 24.0 Å². The molecule has 2 nitrogen and oxygen atoms in total. The van der Waals surface area contributed by atoms with Crippen molar-refractivity contribution in [2.45, 2.75) is 26.0 Å². The number of nitrogens with zero attached hydrogens (tertiary/aromatic N) is 1. The Morgan fingerprint density at radius 1 is 1.17 bits per heavy atom. The second kappa shape index (κ2) is 7.29. The van der Waals surface area contributed by atoms with E-state index in [1.165, 1.54) is 0 Å². The standard InChI is InChI=1S/C13H20Cl2NO.HI/c1-9(2)16(3,4)8-13(17)10-5-6-11(14)12(15)7-10;/h5-7,9,13,17H,8H2,1-4H3;1H/q+1;/p-1. The fraction of sp³-hybridized carbons (Fsp3) is 0.538. The molecule has 18 heavy (non-hydrogen) atoms. The van der Waals surface area contributed by atoms with Crippen molar-refractivity contribution in [2.75, 3.05) is 20.6 Å². The third-order valence-corrected chi connectivity index (χ3v) is 4.11. The van der Waals surface area contributed by atoms with E-state index in [4.69, 9.17) is 23.2 Å². The minimum absolute atomic E-state index is 0. The highest BCUT2D eigenvalue weighted by Gasteiger charge is 2.25. The second-order valence-electron chi connectivity index (χ2n) is 5.24. The summed E-state index contributed by atoms with van der Waals surface area (Å²) < 4.78 is 0.751. The van der Waals surface area contributed by atoms with E-state index in [-0.39, 0.29) is 24.0 Å². The highest BCUT2D eigenvalue weighted by molar-refractivity contribution is 6.42. The van der Waals surface area contributed by atoms with Crippen molar-refractivity contribution in [1.29, 1.82) is 0 Å². The Morgan fingerprint density at radius 3 is 2.17 bits per heavy atom. The Bertz CT molecular complexity index is 397. The second-order valence-corrected chi connectivity index (χ2v) is 6.06. The van der Waals surface area contributed by atoms with E-state index in [0.29, 0.717) is 22.6 Å². The van der Waals surface area contributed by atoms with Crippen molar-refractivity contribution in [3.63, 3.8) is 0 Å². The molecule has 1 aromatic rings. The average molecular weight is 404 g/mol. The quantitative estimate of drug-likeness (QED) is 0.574. The van der Waals surface area contributed by atoms with E-state index >= 15 is 0 Å². The lowest BCUT2D eigenvalue weighted by Crippen LogP contribution is -3.00. The minimum atomic E-state index is -0.526. The minimum Gasteiger partial charge on any atom is -1.00 e. The van der Waals surface area contributed by atoms with Crippen LogP contribution in [0.2, 0.25) is 10.0 Å². The first-order valence-electron chi connectivity index (χ1n) is 5.69. The summed E-state index contributed by atoms with van der Waals surface area (Å²) in [5, 5.41) is 11.2. The van der Waals surface area contributed by atoms with Gasteiger partial charge in [0.05, 0.1) is 30.2 Å². The number of aliphatic hydroxyl groups is 1. The number of rotatable bonds is 4. The van der Waals surface area contributed by atoms with Crippen molar-refractivity contribution in [3.05, 3.63) is 33.8 Å². The third-order valence-electron chi connectivity index (χ3n) is 3.37. The maximum Gasteiger partial charge on any atom is 0.128 e. The molecule has 0 saturated carbocycles. The summed E-state index contributed by atoms with van der Waals surface area (Å²) >= 11 is 11.8. The Balaban J connectivity index is 0.00000289. The normalized spacial score (nSPS) is 13.3. The topological polar surface area (TPSA) is 20.2 Å². The van der Waals surface area contributed by atoms with E-state index in [0.717, 1.165) is 10.0 Å². The summed E-state index contributed by atoms with van der Waals surface area (Å²) in [5.74, 6) is 0. The fourth-order valence-corrected chi connectivity index (χ4v) is 1.79. The summed E-state index contributed by atoms with van der Waals surface area (Å²) in [6.45, 7) is 4.93. The van der Waals surface area contributed by atoms with Crippen molar-refractivity contribution in [3.8, 4) is 0 Å². The van der Waals surface area contributed by atoms with Crippen molar-refractivity contribution in [2.24, 2.45) is 0 Å². The third kappa shape index (κ3) is 4.85. The molecule has 0 heterocycles. The average Bonchev–Trinajstić information content (AvgIpc) is 2.21. The molecular formula is C13H20Cl2INO. The summed E-state index contributed by atoms with van der Waals surface area (Å²) in [6.07, 6.45) is -0.526. The van der Waals surface area contributed by atoms with Gasteiger partial charge >= 0.3 is 0 Å². The molecule has 0 aliphatic carbocycles. The maximum atomic E-state index is 10.2. The molecule has 0 amide bonds. The Morgan fingerprint density at radius 2 is 1.72 bits per heavy atom. The Kier molecular flexibility index (Phi) is 7.47. The zero-order valence-corrected chi connectivity index (χ0v) is 14.8. The van der Waals surface area contributed by atoms with Gasteiger partial charge in [-0.3, -0.25) is 0 Å². The Hall–Kier alpha value is 0.450. The fourth-order valence-electron chi connectivity index (χ4n) is 1.48. The SMILES string of the molecule is CC(C)[N+](C)(C)CC(O)c1ccc(Cl)c(Cl)c1.[I-]. The maximum absolute atomic E-state index is 10.2. The van der Waals surface area contributed by atoms with Gasteiger partial charge in [-0.15, -0.1) is 0 Å². The summed E-state index contributed by atoms with van der Waals surface area (Å²) in [5.41, 5.74) is 0.811. The van der Waals surface area contributed by atoms with Crippen LogP contribution >= 0.6 is 23.2 Å². The van der Waals surface area contributed by atoms with Crippen LogP contribution in [0.1, 0.15) is 25.5 Å². The molecule has 0 saturated heterocycles. The van der Waals surface area contributed by atoms with E-state index in [1.54, 1.807) is 12.1 Å². The molecule has 1 atom stereocenters. The number of halogens is 3. The molecule has 104 valence electrons. The first-order valence-corrected chi connectivity index (χ1v) is 6.45. The summed E-state index contributed by atoms with van der Waals surface area (Å²) in [6, 6.07) is 5.72. The van der Waals surface area contributed by atoms with Gasteiger partial charge in [0.1, 0.15) is 12.6 Å². The number of quaternary nitrogens is 1. The smallest absolute Gasteiger partial charge is 0.128 e. The first kappa shape index (κ1) is 18.4. The van der Waals surface area contributed by atoms with Gasteiger partial charge in [-0.25, -0.2) is 0 Å². The largest absolute Gasteiger partial charge is 1.00 e. The number of hydrogen-bond acceptors (Lipinski definition) is 1. The van der Waals surface area contributed by atoms with Crippen LogP contribution in [0.5, 0.6) is 0 Å². The van der Waals surface area contributed by atoms with Crippen LogP contribution in [0.25, 0.3) is 0 Å². The highest BCUT2D eigenvalue weighted by Crippen LogP contribution is 2.27. The van der Waals surface area contributed by atoms with Gasteiger partial charge in [0, 0.05) is 0 Å². The van der Waals surface area contributed by atoms with Gasteiger partial charge < -0.3 is 33.6 Å². The molecule has 1 aromatic carbocycles. The van der Waals surface area contributed by atoms with Gasteiger partial charge in [0.25, 0.3) is 0 Å². The predicted octanol–water partition coefficient (Wildman–Crippen LogP) is 0.516. The van der Waals surface area contributed by atoms with Crippen LogP contribution in [0, 0.1) is 0 Å². The molecule has 1 N–H and O–H groups in total. The predicted molar refractivity (Wildman–Crippen MR) is 73.5 cm³/mol.